The molecule has 0 aliphatic carbocycles. The maximum absolute atomic E-state index is 10.6. The van der Waals surface area contributed by atoms with Gasteiger partial charge in [-0.15, -0.1) is 11.8 Å². The van der Waals surface area contributed by atoms with Gasteiger partial charge in [-0.2, -0.15) is 0 Å². The van der Waals surface area contributed by atoms with Gasteiger partial charge in [-0.25, -0.2) is 4.79 Å². The highest BCUT2D eigenvalue weighted by molar-refractivity contribution is 7.98. The van der Waals surface area contributed by atoms with Crippen LogP contribution in [0.25, 0.3) is 11.1 Å². The number of carbonyl (C=O) groups is 1. The van der Waals surface area contributed by atoms with Crippen molar-refractivity contribution in [3.05, 3.63) is 83.9 Å². The topological polar surface area (TPSA) is 46.5 Å². The highest BCUT2D eigenvalue weighted by Gasteiger charge is 2.07. The molecule has 3 aromatic carbocycles. The number of aliphatic carboxylic acids is 1. The van der Waals surface area contributed by atoms with E-state index in [4.69, 9.17) is 9.84 Å². The van der Waals surface area contributed by atoms with Crippen LogP contribution in [-0.4, -0.2) is 17.7 Å². The molecule has 0 fully saturated rings. The van der Waals surface area contributed by atoms with Crippen LogP contribution < -0.4 is 4.74 Å². The molecule has 3 rings (SSSR count). The maximum Gasteiger partial charge on any atom is 0.341 e. The van der Waals surface area contributed by atoms with Gasteiger partial charge in [-0.3, -0.25) is 0 Å². The molecule has 0 radical (unpaired) electrons. The predicted molar refractivity (Wildman–Crippen MR) is 106 cm³/mol. The molecule has 26 heavy (non-hydrogen) atoms. The lowest BCUT2D eigenvalue weighted by Gasteiger charge is -2.11. The average molecular weight is 364 g/mol. The summed E-state index contributed by atoms with van der Waals surface area (Å²) < 4.78 is 5.28. The van der Waals surface area contributed by atoms with E-state index in [-0.39, 0.29) is 6.61 Å². The summed E-state index contributed by atoms with van der Waals surface area (Å²) in [6.07, 6.45) is 0. The number of hydrogen-bond acceptors (Lipinski definition) is 3. The molecule has 0 saturated carbocycles. The summed E-state index contributed by atoms with van der Waals surface area (Å²) in [5.41, 5.74) is 4.69. The molecule has 0 aromatic heterocycles. The van der Waals surface area contributed by atoms with E-state index in [0.29, 0.717) is 5.75 Å². The Morgan fingerprint density at radius 2 is 1.73 bits per heavy atom. The lowest BCUT2D eigenvalue weighted by atomic mass is 10.0. The fourth-order valence-corrected chi connectivity index (χ4v) is 3.72. The van der Waals surface area contributed by atoms with Crippen molar-refractivity contribution in [2.24, 2.45) is 0 Å². The molecule has 0 saturated heterocycles. The van der Waals surface area contributed by atoms with Crippen molar-refractivity contribution in [3.8, 4) is 16.9 Å². The second-order valence-corrected chi connectivity index (χ2v) is 6.97. The molecule has 3 aromatic rings. The lowest BCUT2D eigenvalue weighted by molar-refractivity contribution is -0.139. The quantitative estimate of drug-likeness (QED) is 0.569. The first-order chi connectivity index (χ1) is 12.6. The number of carboxylic acid groups (broad SMARTS) is 1. The number of rotatable bonds is 7. The monoisotopic (exact) mass is 364 g/mol. The smallest absolute Gasteiger partial charge is 0.341 e. The van der Waals surface area contributed by atoms with Crippen molar-refractivity contribution in [2.45, 2.75) is 17.6 Å². The van der Waals surface area contributed by atoms with Crippen molar-refractivity contribution in [1.82, 2.24) is 0 Å². The summed E-state index contributed by atoms with van der Waals surface area (Å²) >= 11 is 1.76. The van der Waals surface area contributed by atoms with Gasteiger partial charge < -0.3 is 9.84 Å². The van der Waals surface area contributed by atoms with Gasteiger partial charge in [0.1, 0.15) is 5.75 Å². The van der Waals surface area contributed by atoms with Crippen LogP contribution in [0, 0.1) is 6.92 Å². The molecule has 0 heterocycles. The van der Waals surface area contributed by atoms with Crippen molar-refractivity contribution in [3.63, 3.8) is 0 Å². The van der Waals surface area contributed by atoms with E-state index in [9.17, 15) is 4.79 Å². The third-order valence-electron chi connectivity index (χ3n) is 3.99. The minimum absolute atomic E-state index is 0.322. The van der Waals surface area contributed by atoms with Gasteiger partial charge in [0.05, 0.1) is 0 Å². The van der Waals surface area contributed by atoms with Crippen LogP contribution in [-0.2, 0) is 10.5 Å². The van der Waals surface area contributed by atoms with E-state index < -0.39 is 5.97 Å². The molecule has 0 aliphatic rings. The molecule has 3 nitrogen and oxygen atoms in total. The fraction of sp³-hybridized carbons (Fsp3) is 0.136. The Kier molecular flexibility index (Phi) is 5.97. The van der Waals surface area contributed by atoms with Crippen molar-refractivity contribution in [2.75, 3.05) is 6.61 Å². The van der Waals surface area contributed by atoms with E-state index in [1.807, 2.05) is 31.2 Å². The number of carboxylic acids is 1. The van der Waals surface area contributed by atoms with Gasteiger partial charge in [0.15, 0.2) is 6.61 Å². The number of ether oxygens (including phenoxy) is 1. The third kappa shape index (κ3) is 4.67. The van der Waals surface area contributed by atoms with Crippen LogP contribution in [0.3, 0.4) is 0 Å². The van der Waals surface area contributed by atoms with E-state index >= 15 is 0 Å². The summed E-state index contributed by atoms with van der Waals surface area (Å²) in [5.74, 6) is 0.502. The fourth-order valence-electron chi connectivity index (χ4n) is 2.72. The second kappa shape index (κ2) is 8.59. The van der Waals surface area contributed by atoms with Gasteiger partial charge in [-0.1, -0.05) is 54.6 Å². The predicted octanol–water partition coefficient (Wildman–Crippen LogP) is 5.42. The highest BCUT2D eigenvalue weighted by atomic mass is 32.2. The van der Waals surface area contributed by atoms with Gasteiger partial charge >= 0.3 is 5.97 Å². The number of hydrogen-bond donors (Lipinski definition) is 1. The van der Waals surface area contributed by atoms with E-state index in [1.54, 1.807) is 11.8 Å². The minimum Gasteiger partial charge on any atom is -0.482 e. The molecule has 0 aliphatic heterocycles. The summed E-state index contributed by atoms with van der Waals surface area (Å²) in [4.78, 5) is 11.8. The third-order valence-corrected chi connectivity index (χ3v) is 5.04. The number of thioether (sulfide) groups is 1. The molecule has 132 valence electrons. The summed E-state index contributed by atoms with van der Waals surface area (Å²) in [6.45, 7) is 1.61. The zero-order chi connectivity index (χ0) is 18.4. The minimum atomic E-state index is -0.972. The molecular formula is C22H20O3S. The Labute approximate surface area is 157 Å². The van der Waals surface area contributed by atoms with E-state index in [2.05, 4.69) is 48.5 Å². The summed E-state index contributed by atoms with van der Waals surface area (Å²) in [6, 6.07) is 24.7. The van der Waals surface area contributed by atoms with Crippen LogP contribution in [0.5, 0.6) is 5.75 Å². The molecular weight excluding hydrogens is 344 g/mol. The van der Waals surface area contributed by atoms with Gasteiger partial charge in [0.25, 0.3) is 0 Å². The molecule has 0 atom stereocenters. The SMILES string of the molecule is Cc1cc(SCc2ccccc2-c2ccccc2)ccc1OCC(=O)O. The zero-order valence-corrected chi connectivity index (χ0v) is 15.3. The Bertz CT molecular complexity index is 891. The van der Waals surface area contributed by atoms with Crippen molar-refractivity contribution >= 4 is 17.7 Å². The standard InChI is InChI=1S/C22H20O3S/c1-16-13-19(11-12-21(16)25-14-22(23)24)26-15-18-9-5-6-10-20(18)17-7-3-2-4-8-17/h2-13H,14-15H2,1H3,(H,23,24). The first kappa shape index (κ1) is 18.1. The van der Waals surface area contributed by atoms with E-state index in [1.165, 1.54) is 16.7 Å². The Hall–Kier alpha value is -2.72. The lowest BCUT2D eigenvalue weighted by Crippen LogP contribution is -2.09. The molecule has 4 heteroatoms. The van der Waals surface area contributed by atoms with Crippen LogP contribution in [0.2, 0.25) is 0 Å². The summed E-state index contributed by atoms with van der Waals surface area (Å²) in [5, 5.41) is 8.72. The molecule has 0 amide bonds. The molecule has 0 bridgehead atoms. The Morgan fingerprint density at radius 1 is 1.00 bits per heavy atom. The first-order valence-electron chi connectivity index (χ1n) is 8.35. The van der Waals surface area contributed by atoms with Gasteiger partial charge in [0, 0.05) is 10.6 Å². The summed E-state index contributed by atoms with van der Waals surface area (Å²) in [7, 11) is 0. The Morgan fingerprint density at radius 3 is 2.46 bits per heavy atom. The van der Waals surface area contributed by atoms with Gasteiger partial charge in [-0.05, 0) is 47.4 Å². The van der Waals surface area contributed by atoms with Crippen molar-refractivity contribution < 1.29 is 14.6 Å². The second-order valence-electron chi connectivity index (χ2n) is 5.92. The van der Waals surface area contributed by atoms with Crippen LogP contribution in [0.15, 0.2) is 77.7 Å². The number of benzene rings is 3. The largest absolute Gasteiger partial charge is 0.482 e. The molecule has 0 unspecified atom stereocenters. The Balaban J connectivity index is 1.72. The van der Waals surface area contributed by atoms with Crippen LogP contribution >= 0.6 is 11.8 Å². The first-order valence-corrected chi connectivity index (χ1v) is 9.33. The molecule has 0 spiro atoms. The number of aryl methyl sites for hydroxylation is 1. The average Bonchev–Trinajstić information content (AvgIpc) is 2.66. The highest BCUT2D eigenvalue weighted by Crippen LogP contribution is 2.31. The maximum atomic E-state index is 10.6. The van der Waals surface area contributed by atoms with E-state index in [0.717, 1.165) is 16.2 Å². The van der Waals surface area contributed by atoms with Crippen LogP contribution in [0.1, 0.15) is 11.1 Å². The normalized spacial score (nSPS) is 10.5. The van der Waals surface area contributed by atoms with Crippen molar-refractivity contribution in [1.29, 1.82) is 0 Å². The molecule has 1 N–H and O–H groups in total. The van der Waals surface area contributed by atoms with Gasteiger partial charge in [0.2, 0.25) is 0 Å². The zero-order valence-electron chi connectivity index (χ0n) is 14.5. The van der Waals surface area contributed by atoms with Crippen LogP contribution in [0.4, 0.5) is 0 Å².